The average molecular weight is 610 g/mol. The number of urea groups is 1. The van der Waals surface area contributed by atoms with Crippen molar-refractivity contribution in [1.82, 2.24) is 10.2 Å². The molecule has 192 valence electrons. The smallest absolute Gasteiger partial charge is 0.373 e. The number of halogens is 3. The molecule has 3 amide bonds. The molecule has 1 fully saturated rings. The Hall–Kier alpha value is -3.47. The van der Waals surface area contributed by atoms with Crippen LogP contribution in [-0.4, -0.2) is 37.0 Å². The third-order valence-corrected chi connectivity index (χ3v) is 6.46. The van der Waals surface area contributed by atoms with Gasteiger partial charge in [-0.15, -0.1) is 0 Å². The van der Waals surface area contributed by atoms with Crippen molar-refractivity contribution in [1.29, 1.82) is 0 Å². The number of amides is 3. The molecule has 3 aromatic rings. The Morgan fingerprint density at radius 3 is 2.59 bits per heavy atom. The van der Waals surface area contributed by atoms with Gasteiger partial charge in [-0.1, -0.05) is 45.2 Å². The van der Waals surface area contributed by atoms with E-state index in [0.717, 1.165) is 10.5 Å². The van der Waals surface area contributed by atoms with Crippen molar-refractivity contribution < 1.29 is 33.0 Å². The van der Waals surface area contributed by atoms with E-state index in [-0.39, 0.29) is 30.4 Å². The Morgan fingerprint density at radius 1 is 1.11 bits per heavy atom. The Bertz CT molecular complexity index is 1420. The molecule has 4 rings (SSSR count). The third kappa shape index (κ3) is 5.93. The van der Waals surface area contributed by atoms with Crippen LogP contribution in [0.3, 0.4) is 0 Å². The van der Waals surface area contributed by atoms with Crippen molar-refractivity contribution in [3.05, 3.63) is 85.3 Å². The van der Waals surface area contributed by atoms with Crippen molar-refractivity contribution in [3.8, 4) is 11.5 Å². The van der Waals surface area contributed by atoms with Crippen LogP contribution in [0.4, 0.5) is 4.79 Å². The van der Waals surface area contributed by atoms with Crippen molar-refractivity contribution in [2.24, 2.45) is 0 Å². The summed E-state index contributed by atoms with van der Waals surface area (Å²) in [5.74, 6) is -0.305. The quantitative estimate of drug-likeness (QED) is 0.195. The van der Waals surface area contributed by atoms with Gasteiger partial charge in [-0.3, -0.25) is 9.69 Å². The molecule has 1 aliphatic rings. The number of carbonyl (C=O) groups is 3. The van der Waals surface area contributed by atoms with Crippen molar-refractivity contribution in [2.45, 2.75) is 13.2 Å². The normalized spacial score (nSPS) is 14.2. The van der Waals surface area contributed by atoms with Crippen molar-refractivity contribution in [2.75, 3.05) is 14.2 Å². The topological polar surface area (TPSA) is 107 Å². The fraction of sp³-hybridized carbons (Fsp3) is 0.160. The second-order valence-electron chi connectivity index (χ2n) is 7.70. The Morgan fingerprint density at radius 2 is 1.89 bits per heavy atom. The molecule has 12 heteroatoms. The zero-order chi connectivity index (χ0) is 26.7. The lowest BCUT2D eigenvalue weighted by Gasteiger charge is -2.15. The van der Waals surface area contributed by atoms with Gasteiger partial charge in [0.25, 0.3) is 5.91 Å². The molecule has 0 radical (unpaired) electrons. The molecule has 1 aliphatic heterocycles. The number of imide groups is 1. The van der Waals surface area contributed by atoms with Gasteiger partial charge in [0, 0.05) is 10.0 Å². The Labute approximate surface area is 230 Å². The van der Waals surface area contributed by atoms with Crippen LogP contribution < -0.4 is 14.8 Å². The van der Waals surface area contributed by atoms with Gasteiger partial charge in [0.1, 0.15) is 18.1 Å². The molecule has 0 atom stereocenters. The maximum absolute atomic E-state index is 13.1. The highest BCUT2D eigenvalue weighted by Gasteiger charge is 2.35. The molecule has 9 nitrogen and oxygen atoms in total. The highest BCUT2D eigenvalue weighted by Crippen LogP contribution is 2.37. The summed E-state index contributed by atoms with van der Waals surface area (Å²) in [6, 6.07) is 10.8. The van der Waals surface area contributed by atoms with Crippen molar-refractivity contribution >= 4 is 63.1 Å². The number of hydrogen-bond donors (Lipinski definition) is 1. The molecular formula is C25H19BrCl2N2O7. The van der Waals surface area contributed by atoms with E-state index in [4.69, 9.17) is 37.1 Å². The van der Waals surface area contributed by atoms with Crippen LogP contribution in [0.1, 0.15) is 27.4 Å². The monoisotopic (exact) mass is 608 g/mol. The molecule has 1 aromatic heterocycles. The second kappa shape index (κ2) is 11.3. The minimum absolute atomic E-state index is 0.0179. The minimum atomic E-state index is -0.666. The number of carbonyl (C=O) groups excluding carboxylic acids is 3. The van der Waals surface area contributed by atoms with E-state index in [2.05, 4.69) is 26.0 Å². The number of benzene rings is 2. The summed E-state index contributed by atoms with van der Waals surface area (Å²) in [7, 11) is 2.71. The molecule has 1 saturated heterocycles. The third-order valence-electron chi connectivity index (χ3n) is 5.26. The molecule has 0 spiro atoms. The number of furan rings is 1. The average Bonchev–Trinajstić information content (AvgIpc) is 3.45. The maximum Gasteiger partial charge on any atom is 0.373 e. The molecule has 37 heavy (non-hydrogen) atoms. The first-order valence-electron chi connectivity index (χ1n) is 10.7. The zero-order valence-corrected chi connectivity index (χ0v) is 22.6. The molecule has 2 heterocycles. The van der Waals surface area contributed by atoms with E-state index >= 15 is 0 Å². The predicted molar refractivity (Wildman–Crippen MR) is 139 cm³/mol. The van der Waals surface area contributed by atoms with Gasteiger partial charge >= 0.3 is 12.0 Å². The van der Waals surface area contributed by atoms with Gasteiger partial charge in [0.15, 0.2) is 11.5 Å². The van der Waals surface area contributed by atoms with Gasteiger partial charge in [-0.05, 0) is 48.0 Å². The summed E-state index contributed by atoms with van der Waals surface area (Å²) in [5.41, 5.74) is 1.26. The van der Waals surface area contributed by atoms with E-state index in [9.17, 15) is 14.4 Å². The SMILES string of the molecule is COC(=O)c1ccc(CN2C(=O)N/C(=C\c3cc(Br)cc(OC)c3OCc3ccc(Cl)c(Cl)c3)C2=O)o1. The number of methoxy groups -OCH3 is 2. The first-order valence-corrected chi connectivity index (χ1v) is 12.2. The van der Waals surface area contributed by atoms with Gasteiger partial charge in [-0.25, -0.2) is 9.59 Å². The summed E-state index contributed by atoms with van der Waals surface area (Å²) < 4.78 is 22.2. The first-order chi connectivity index (χ1) is 17.7. The van der Waals surface area contributed by atoms with E-state index < -0.39 is 17.9 Å². The van der Waals surface area contributed by atoms with Gasteiger partial charge in [0.2, 0.25) is 5.76 Å². The number of nitrogens with zero attached hydrogens (tertiary/aromatic N) is 1. The largest absolute Gasteiger partial charge is 0.493 e. The molecule has 0 unspecified atom stereocenters. The summed E-state index contributed by atoms with van der Waals surface area (Å²) in [5, 5.41) is 3.37. The summed E-state index contributed by atoms with van der Waals surface area (Å²) >= 11 is 15.5. The lowest BCUT2D eigenvalue weighted by Crippen LogP contribution is -2.30. The van der Waals surface area contributed by atoms with Crippen LogP contribution in [0.5, 0.6) is 11.5 Å². The standard InChI is InChI=1S/C25H19BrCl2N2O7/c1-34-21-10-15(26)8-14(22(21)36-12-13-3-5-17(27)18(28)7-13)9-19-23(31)30(25(33)29-19)11-16-4-6-20(37-16)24(32)35-2/h3-10H,11-12H2,1-2H3,(H,29,33)/b19-9-. The molecular weight excluding hydrogens is 591 g/mol. The molecule has 1 N–H and O–H groups in total. The van der Waals surface area contributed by atoms with E-state index in [1.807, 2.05) is 0 Å². The number of ether oxygens (including phenoxy) is 3. The number of esters is 1. The van der Waals surface area contributed by atoms with Crippen LogP contribution in [0.15, 0.2) is 57.1 Å². The van der Waals surface area contributed by atoms with Crippen LogP contribution in [0.25, 0.3) is 6.08 Å². The van der Waals surface area contributed by atoms with Crippen LogP contribution in [-0.2, 0) is 22.7 Å². The Kier molecular flexibility index (Phi) is 8.11. The first kappa shape index (κ1) is 26.6. The van der Waals surface area contributed by atoms with E-state index in [1.54, 1.807) is 30.3 Å². The minimum Gasteiger partial charge on any atom is -0.493 e. The number of hydrogen-bond acceptors (Lipinski definition) is 7. The van der Waals surface area contributed by atoms with Crippen LogP contribution in [0.2, 0.25) is 10.0 Å². The van der Waals surface area contributed by atoms with Crippen LogP contribution >= 0.6 is 39.1 Å². The summed E-state index contributed by atoms with van der Waals surface area (Å²) in [6.45, 7) is -0.0417. The molecule has 2 aromatic carbocycles. The van der Waals surface area contributed by atoms with Gasteiger partial charge < -0.3 is 23.9 Å². The van der Waals surface area contributed by atoms with Gasteiger partial charge in [0.05, 0.1) is 30.8 Å². The zero-order valence-electron chi connectivity index (χ0n) is 19.5. The fourth-order valence-electron chi connectivity index (χ4n) is 3.49. The summed E-state index contributed by atoms with van der Waals surface area (Å²) in [6.07, 6.45) is 1.49. The summed E-state index contributed by atoms with van der Waals surface area (Å²) in [4.78, 5) is 38.2. The Balaban J connectivity index is 1.59. The highest BCUT2D eigenvalue weighted by atomic mass is 79.9. The molecule has 0 aliphatic carbocycles. The molecule has 0 saturated carbocycles. The predicted octanol–water partition coefficient (Wildman–Crippen LogP) is 5.82. The van der Waals surface area contributed by atoms with Crippen LogP contribution in [0, 0.1) is 0 Å². The fourth-order valence-corrected chi connectivity index (χ4v) is 4.26. The second-order valence-corrected chi connectivity index (χ2v) is 9.43. The lowest BCUT2D eigenvalue weighted by atomic mass is 10.1. The highest BCUT2D eigenvalue weighted by molar-refractivity contribution is 9.10. The maximum atomic E-state index is 13.1. The lowest BCUT2D eigenvalue weighted by molar-refractivity contribution is -0.123. The number of nitrogens with one attached hydrogen (secondary N) is 1. The van der Waals surface area contributed by atoms with E-state index in [1.165, 1.54) is 32.4 Å². The number of rotatable bonds is 8. The van der Waals surface area contributed by atoms with Crippen molar-refractivity contribution in [3.63, 3.8) is 0 Å². The molecule has 0 bridgehead atoms. The van der Waals surface area contributed by atoms with Gasteiger partial charge in [-0.2, -0.15) is 0 Å². The van der Waals surface area contributed by atoms with E-state index in [0.29, 0.717) is 31.6 Å².